The van der Waals surface area contributed by atoms with Gasteiger partial charge in [0.2, 0.25) is 0 Å². The number of hydrogen-bond donors (Lipinski definition) is 3. The van der Waals surface area contributed by atoms with Crippen molar-refractivity contribution in [1.29, 1.82) is 0 Å². The molecule has 0 amide bonds. The summed E-state index contributed by atoms with van der Waals surface area (Å²) in [5.41, 5.74) is 6.69. The fraction of sp³-hybridized carbons (Fsp3) is 0.312. The van der Waals surface area contributed by atoms with Crippen LogP contribution in [0.25, 0.3) is 11.2 Å². The SMILES string of the molecule is Nc1ncnc2c1nc(Sc1ccc(Br)cc1)n2[C@@H]1O[C@@H]2COP(=O)(O)O[C@H]2[C@H]1O. The largest absolute Gasteiger partial charge is 0.472 e. The number of aliphatic hydroxyl groups excluding tert-OH is 1. The lowest BCUT2D eigenvalue weighted by Crippen LogP contribution is -2.39. The standard InChI is InChI=1S/C16H15BrN5O6PS/c17-7-1-3-8(4-2-7)30-16-21-10-13(18)19-6-20-14(10)22(16)15-11(23)12-9(27-15)5-26-29(24,25)28-12/h1-4,6,9,11-12,15,23H,5H2,(H,24,25)(H2,18,19,20)/t9-,11-,12-,15-/m1/s1. The number of anilines is 1. The maximum Gasteiger partial charge on any atom is 0.472 e. The third-order valence-electron chi connectivity index (χ3n) is 4.72. The van der Waals surface area contributed by atoms with E-state index >= 15 is 0 Å². The number of phosphoric acid groups is 1. The number of fused-ring (bicyclic) bond motifs is 2. The van der Waals surface area contributed by atoms with Gasteiger partial charge in [0.1, 0.15) is 24.6 Å². The molecule has 5 atom stereocenters. The van der Waals surface area contributed by atoms with Crippen molar-refractivity contribution in [2.45, 2.75) is 34.6 Å². The molecule has 2 aliphatic rings. The van der Waals surface area contributed by atoms with Crippen molar-refractivity contribution in [3.63, 3.8) is 0 Å². The summed E-state index contributed by atoms with van der Waals surface area (Å²) in [4.78, 5) is 23.3. The summed E-state index contributed by atoms with van der Waals surface area (Å²) in [6, 6.07) is 7.59. The summed E-state index contributed by atoms with van der Waals surface area (Å²) < 4.78 is 30.1. The van der Waals surface area contributed by atoms with Gasteiger partial charge < -0.3 is 20.5 Å². The summed E-state index contributed by atoms with van der Waals surface area (Å²) >= 11 is 4.72. The first-order valence-electron chi connectivity index (χ1n) is 8.73. The highest BCUT2D eigenvalue weighted by molar-refractivity contribution is 9.10. The minimum absolute atomic E-state index is 0.181. The van der Waals surface area contributed by atoms with E-state index in [1.54, 1.807) is 4.57 Å². The normalized spacial score (nSPS) is 31.2. The molecule has 2 fully saturated rings. The van der Waals surface area contributed by atoms with Gasteiger partial charge in [0.05, 0.1) is 6.61 Å². The number of aromatic nitrogens is 4. The zero-order valence-corrected chi connectivity index (χ0v) is 18.3. The first kappa shape index (κ1) is 20.3. The Bertz CT molecular complexity index is 1160. The van der Waals surface area contributed by atoms with E-state index in [4.69, 9.17) is 19.5 Å². The monoisotopic (exact) mass is 515 g/mol. The van der Waals surface area contributed by atoms with Crippen LogP contribution in [0.3, 0.4) is 0 Å². The zero-order valence-electron chi connectivity index (χ0n) is 15.0. The lowest BCUT2D eigenvalue weighted by Gasteiger charge is -2.27. The maximum absolute atomic E-state index is 11.8. The number of aliphatic hydroxyl groups is 1. The van der Waals surface area contributed by atoms with E-state index in [1.807, 2.05) is 24.3 Å². The van der Waals surface area contributed by atoms with Gasteiger partial charge in [0, 0.05) is 9.37 Å². The van der Waals surface area contributed by atoms with Crippen LogP contribution in [0.2, 0.25) is 0 Å². The van der Waals surface area contributed by atoms with E-state index in [0.717, 1.165) is 9.37 Å². The number of nitrogen functional groups attached to an aromatic ring is 1. The number of rotatable bonds is 3. The molecule has 1 aromatic carbocycles. The second-order valence-corrected chi connectivity index (χ2v) is 10.0. The van der Waals surface area contributed by atoms with Gasteiger partial charge in [-0.15, -0.1) is 0 Å². The number of ether oxygens (including phenoxy) is 1. The van der Waals surface area contributed by atoms with Crippen LogP contribution < -0.4 is 5.73 Å². The Hall–Kier alpha value is -1.57. The van der Waals surface area contributed by atoms with Crippen LogP contribution in [-0.4, -0.2) is 54.4 Å². The first-order valence-corrected chi connectivity index (χ1v) is 11.8. The van der Waals surface area contributed by atoms with Crippen LogP contribution in [0.5, 0.6) is 0 Å². The minimum atomic E-state index is -4.24. The fourth-order valence-electron chi connectivity index (χ4n) is 3.36. The molecular weight excluding hydrogens is 501 g/mol. The Morgan fingerprint density at radius 3 is 2.83 bits per heavy atom. The van der Waals surface area contributed by atoms with Gasteiger partial charge in [0.25, 0.3) is 0 Å². The van der Waals surface area contributed by atoms with Gasteiger partial charge in [-0.1, -0.05) is 27.7 Å². The predicted molar refractivity (Wildman–Crippen MR) is 109 cm³/mol. The second kappa shape index (κ2) is 7.53. The molecule has 0 radical (unpaired) electrons. The highest BCUT2D eigenvalue weighted by Gasteiger charge is 2.53. The number of imidazole rings is 1. The van der Waals surface area contributed by atoms with E-state index in [9.17, 15) is 14.6 Å². The predicted octanol–water partition coefficient (Wildman–Crippen LogP) is 2.10. The van der Waals surface area contributed by atoms with Gasteiger partial charge in [-0.25, -0.2) is 19.5 Å². The van der Waals surface area contributed by atoms with Gasteiger partial charge >= 0.3 is 7.82 Å². The Kier molecular flexibility index (Phi) is 5.11. The zero-order chi connectivity index (χ0) is 21.0. The quantitative estimate of drug-likeness (QED) is 0.439. The highest BCUT2D eigenvalue weighted by atomic mass is 79.9. The summed E-state index contributed by atoms with van der Waals surface area (Å²) in [6.07, 6.45) is -2.74. The van der Waals surface area contributed by atoms with E-state index < -0.39 is 32.4 Å². The van der Waals surface area contributed by atoms with Gasteiger partial charge in [0.15, 0.2) is 28.4 Å². The van der Waals surface area contributed by atoms with Crippen molar-refractivity contribution in [3.8, 4) is 0 Å². The van der Waals surface area contributed by atoms with Crippen molar-refractivity contribution in [2.75, 3.05) is 12.3 Å². The van der Waals surface area contributed by atoms with Crippen molar-refractivity contribution in [3.05, 3.63) is 35.1 Å². The Morgan fingerprint density at radius 2 is 2.07 bits per heavy atom. The van der Waals surface area contributed by atoms with Crippen LogP contribution in [0.15, 0.2) is 45.1 Å². The Balaban J connectivity index is 1.58. The molecule has 3 aromatic rings. The fourth-order valence-corrected chi connectivity index (χ4v) is 5.50. The van der Waals surface area contributed by atoms with Crippen molar-refractivity contribution in [2.24, 2.45) is 0 Å². The van der Waals surface area contributed by atoms with Crippen molar-refractivity contribution < 1.29 is 28.3 Å². The van der Waals surface area contributed by atoms with Crippen molar-refractivity contribution in [1.82, 2.24) is 19.5 Å². The molecule has 0 spiro atoms. The van der Waals surface area contributed by atoms with Crippen LogP contribution in [0.4, 0.5) is 5.82 Å². The Morgan fingerprint density at radius 1 is 1.30 bits per heavy atom. The highest BCUT2D eigenvalue weighted by Crippen LogP contribution is 2.53. The van der Waals surface area contributed by atoms with Gasteiger partial charge in [-0.05, 0) is 24.3 Å². The molecule has 5 rings (SSSR count). The second-order valence-electron chi connectivity index (χ2n) is 6.64. The minimum Gasteiger partial charge on any atom is -0.386 e. The average molecular weight is 516 g/mol. The Labute approximate surface area is 182 Å². The number of phosphoric ester groups is 1. The lowest BCUT2D eigenvalue weighted by molar-refractivity contribution is -0.0684. The topological polar surface area (TPSA) is 155 Å². The van der Waals surface area contributed by atoms with Crippen LogP contribution in [-0.2, 0) is 18.3 Å². The molecule has 158 valence electrons. The smallest absolute Gasteiger partial charge is 0.386 e. The number of nitrogens with zero attached hydrogens (tertiary/aromatic N) is 4. The summed E-state index contributed by atoms with van der Waals surface area (Å²) in [7, 11) is -4.24. The first-order chi connectivity index (χ1) is 14.3. The van der Waals surface area contributed by atoms with Gasteiger partial charge in [-0.2, -0.15) is 0 Å². The molecular formula is C16H15BrN5O6PS. The molecule has 4 heterocycles. The molecule has 0 bridgehead atoms. The molecule has 0 aliphatic carbocycles. The molecule has 11 nitrogen and oxygen atoms in total. The molecule has 14 heteroatoms. The molecule has 30 heavy (non-hydrogen) atoms. The van der Waals surface area contributed by atoms with Crippen LogP contribution >= 0.6 is 35.5 Å². The molecule has 4 N–H and O–H groups in total. The number of benzene rings is 1. The summed E-state index contributed by atoms with van der Waals surface area (Å²) in [5.74, 6) is 0.181. The maximum atomic E-state index is 11.8. The number of nitrogens with two attached hydrogens (primary N) is 1. The molecule has 2 saturated heterocycles. The molecule has 2 aromatic heterocycles. The third kappa shape index (κ3) is 3.55. The molecule has 2 aliphatic heterocycles. The van der Waals surface area contributed by atoms with E-state index in [1.165, 1.54) is 18.1 Å². The van der Waals surface area contributed by atoms with Crippen molar-refractivity contribution >= 4 is 52.5 Å². The molecule has 0 saturated carbocycles. The van der Waals surface area contributed by atoms with E-state index in [2.05, 4.69) is 30.9 Å². The summed E-state index contributed by atoms with van der Waals surface area (Å²) in [6.45, 7) is -0.190. The van der Waals surface area contributed by atoms with E-state index in [-0.39, 0.29) is 12.4 Å². The lowest BCUT2D eigenvalue weighted by atomic mass is 10.1. The third-order valence-corrected chi connectivity index (χ3v) is 7.21. The number of halogens is 1. The van der Waals surface area contributed by atoms with Gasteiger partial charge in [-0.3, -0.25) is 13.6 Å². The summed E-state index contributed by atoms with van der Waals surface area (Å²) in [5, 5.41) is 11.3. The van der Waals surface area contributed by atoms with Crippen LogP contribution in [0, 0.1) is 0 Å². The number of hydrogen-bond acceptors (Lipinski definition) is 10. The van der Waals surface area contributed by atoms with E-state index in [0.29, 0.717) is 16.3 Å². The van der Waals surface area contributed by atoms with Crippen LogP contribution in [0.1, 0.15) is 6.23 Å². The average Bonchev–Trinajstić information content (AvgIpc) is 3.21. The molecule has 1 unspecified atom stereocenters.